The Hall–Kier alpha value is -7.84. The largest absolute Gasteiger partial charge is 0.489 e. The van der Waals surface area contributed by atoms with Crippen molar-refractivity contribution in [2.24, 2.45) is 17.6 Å². The third-order valence-corrected chi connectivity index (χ3v) is 16.4. The third kappa shape index (κ3) is 16.2. The number of alkyl carbamates (subject to hydrolysis) is 1. The lowest BCUT2D eigenvalue weighted by atomic mass is 9.83. The molecule has 7 atom stereocenters. The number of piperidine rings is 1. The van der Waals surface area contributed by atoms with Crippen molar-refractivity contribution in [2.45, 2.75) is 107 Å². The van der Waals surface area contributed by atoms with Crippen molar-refractivity contribution >= 4 is 75.5 Å². The van der Waals surface area contributed by atoms with E-state index in [9.17, 15) is 4.79 Å². The van der Waals surface area contributed by atoms with Crippen LogP contribution in [0.15, 0.2) is 128 Å². The lowest BCUT2D eigenvalue weighted by Crippen LogP contribution is -2.60. The van der Waals surface area contributed by atoms with E-state index in [1.54, 1.807) is 73.2 Å². The monoisotopic (exact) mass is 1170 g/mol. The first-order valence-electron chi connectivity index (χ1n) is 28.3. The van der Waals surface area contributed by atoms with Gasteiger partial charge in [0.2, 0.25) is 29.5 Å². The summed E-state index contributed by atoms with van der Waals surface area (Å²) >= 11 is 12.9. The molecule has 0 bridgehead atoms. The van der Waals surface area contributed by atoms with Gasteiger partial charge in [-0.1, -0.05) is 96.0 Å². The molecule has 0 radical (unpaired) electrons. The number of nitrogens with zero attached hydrogens (tertiary/aromatic N) is 2. The Kier molecular flexibility index (Phi) is 20.8. The number of aromatic amines is 1. The van der Waals surface area contributed by atoms with E-state index in [0.29, 0.717) is 45.3 Å². The average Bonchev–Trinajstić information content (AvgIpc) is 4.34. The molecule has 19 nitrogen and oxygen atoms in total. The Labute approximate surface area is 491 Å². The van der Waals surface area contributed by atoms with Crippen LogP contribution in [-0.4, -0.2) is 125 Å². The fourth-order valence-electron chi connectivity index (χ4n) is 11.2. The smallest absolute Gasteiger partial charge is 0.407 e. The maximum Gasteiger partial charge on any atom is 0.407 e. The topological polar surface area (TPSA) is 268 Å². The molecule has 0 spiro atoms. The number of H-pyrrole nitrogens is 1. The van der Waals surface area contributed by atoms with Crippen LogP contribution in [0.4, 0.5) is 4.79 Å². The molecule has 5 heterocycles. The number of nitrogens with two attached hydrogens (primary N) is 1. The van der Waals surface area contributed by atoms with Gasteiger partial charge in [-0.3, -0.25) is 33.8 Å². The number of rotatable bonds is 17. The maximum atomic E-state index is 15.4. The zero-order valence-corrected chi connectivity index (χ0v) is 47.5. The second-order valence-corrected chi connectivity index (χ2v) is 22.3. The summed E-state index contributed by atoms with van der Waals surface area (Å²) in [6, 6.07) is 26.1. The molecule has 83 heavy (non-hydrogen) atoms. The fraction of sp³-hybridized carbons (Fsp3) is 0.387. The van der Waals surface area contributed by atoms with Gasteiger partial charge >= 0.3 is 6.09 Å². The molecule has 0 unspecified atom stereocenters. The van der Waals surface area contributed by atoms with Gasteiger partial charge in [0.1, 0.15) is 42.6 Å². The number of para-hydroxylation sites is 1. The molecule has 3 fully saturated rings. The highest BCUT2D eigenvalue weighted by atomic mass is 35.5. The van der Waals surface area contributed by atoms with E-state index in [2.05, 4.69) is 41.9 Å². The van der Waals surface area contributed by atoms with Crippen LogP contribution in [0.2, 0.25) is 10.0 Å². The molecule has 9 N–H and O–H groups in total. The van der Waals surface area contributed by atoms with Gasteiger partial charge in [-0.2, -0.15) is 0 Å². The maximum absolute atomic E-state index is 15.4. The van der Waals surface area contributed by atoms with Crippen molar-refractivity contribution in [3.8, 4) is 5.75 Å². The van der Waals surface area contributed by atoms with Crippen molar-refractivity contribution in [2.75, 3.05) is 32.7 Å². The van der Waals surface area contributed by atoms with Gasteiger partial charge < -0.3 is 57.0 Å². The Morgan fingerprint density at radius 3 is 2.14 bits per heavy atom. The second kappa shape index (κ2) is 28.9. The second-order valence-electron chi connectivity index (χ2n) is 21.5. The number of ether oxygens (including phenoxy) is 2. The van der Waals surface area contributed by atoms with E-state index < -0.39 is 83.6 Å². The van der Waals surface area contributed by atoms with Crippen LogP contribution < -0.4 is 42.4 Å². The Morgan fingerprint density at radius 1 is 0.711 bits per heavy atom. The summed E-state index contributed by atoms with van der Waals surface area (Å²) in [5, 5.41) is 19.7. The lowest BCUT2D eigenvalue weighted by molar-refractivity contribution is -0.143. The summed E-state index contributed by atoms with van der Waals surface area (Å²) in [6.07, 6.45) is 4.75. The van der Waals surface area contributed by atoms with Crippen LogP contribution in [0.3, 0.4) is 0 Å². The van der Waals surface area contributed by atoms with E-state index in [4.69, 9.17) is 38.4 Å². The molecule has 3 aliphatic rings. The third-order valence-electron chi connectivity index (χ3n) is 15.7. The Morgan fingerprint density at radius 2 is 1.40 bits per heavy atom. The number of fused-ring (bicyclic) bond motifs is 2. The highest BCUT2D eigenvalue weighted by Gasteiger charge is 2.45. The molecular formula is C62H70Cl2N10O9. The SMILES string of the molecule is NCCNC(=O)O[C@@H]1C[C@H]2C(=O)N[C@@H](CCc3ccccc3)C(=O)N[C@H](Cc3c[nH]c4ccccc34)C(=O)C[C@@H](CC3CCNCC3)C(=O)N[C@@H](Cc3ccc(OCc4c(Cl)cccc4Cl)cc3)C(=O)N[C@@H](Cc3cccnc3)C(=O)N2C1. The standard InChI is InChI=1S/C62H70Cl2N10O9/c63-48-12-6-13-49(64)47(48)37-82-44-18-15-39(16-19-44)29-53-59(78)73-54(30-41-10-7-24-67-34-41)61(80)74-36-45(83-62(81)68-27-23-65)33-55(74)60(79)70-51(20-17-38-8-2-1-3-9-38)58(77)71-52(31-43-35-69-50-14-5-4-11-46(43)50)56(75)32-42(57(76)72-53)28-40-21-25-66-26-22-40/h1-16,18-19,24,34-35,40,42,45,51-55,66,69H,17,20-23,25-33,36-37,65H2,(H,68,81)(H,70,79)(H,71,77)(H,72,76)(H,73,78)/t42-,45-,51+,52-,53+,54+,55+/m1/s1. The number of amides is 6. The van der Waals surface area contributed by atoms with Crippen LogP contribution in [0, 0.1) is 11.8 Å². The van der Waals surface area contributed by atoms with Crippen molar-refractivity contribution in [3.05, 3.63) is 166 Å². The lowest BCUT2D eigenvalue weighted by Gasteiger charge is -2.32. The summed E-state index contributed by atoms with van der Waals surface area (Å²) in [6.45, 7) is 1.49. The molecule has 2 aromatic heterocycles. The van der Waals surface area contributed by atoms with Gasteiger partial charge in [-0.05, 0) is 110 Å². The number of ketones is 1. The first kappa shape index (κ1) is 59.8. The van der Waals surface area contributed by atoms with E-state index in [0.717, 1.165) is 48.0 Å². The predicted octanol–water partition coefficient (Wildman–Crippen LogP) is 5.68. The summed E-state index contributed by atoms with van der Waals surface area (Å²) in [4.78, 5) is 113. The fourth-order valence-corrected chi connectivity index (χ4v) is 11.7. The normalized spacial score (nSPS) is 22.3. The number of aromatic nitrogens is 2. The number of carbonyl (C=O) groups excluding carboxylic acids is 7. The number of benzene rings is 4. The highest BCUT2D eigenvalue weighted by molar-refractivity contribution is 6.36. The number of carbonyl (C=O) groups is 7. The Balaban J connectivity index is 1.10. The molecule has 4 aromatic carbocycles. The van der Waals surface area contributed by atoms with E-state index >= 15 is 28.8 Å². The van der Waals surface area contributed by atoms with E-state index in [1.807, 2.05) is 54.6 Å². The minimum atomic E-state index is -1.37. The molecule has 3 saturated heterocycles. The number of pyridine rings is 1. The van der Waals surface area contributed by atoms with Crippen molar-refractivity contribution in [1.82, 2.24) is 46.8 Å². The summed E-state index contributed by atoms with van der Waals surface area (Å²) < 4.78 is 11.8. The molecule has 436 valence electrons. The number of hydrogen-bond acceptors (Lipinski definition) is 12. The molecule has 21 heteroatoms. The molecular weight excluding hydrogens is 1100 g/mol. The predicted molar refractivity (Wildman–Crippen MR) is 314 cm³/mol. The quantitative estimate of drug-likeness (QED) is 0.0548. The number of hydrogen-bond donors (Lipinski definition) is 8. The van der Waals surface area contributed by atoms with Crippen LogP contribution in [0.25, 0.3) is 10.9 Å². The summed E-state index contributed by atoms with van der Waals surface area (Å²) in [7, 11) is 0. The number of halogens is 2. The molecule has 0 aliphatic carbocycles. The number of aryl methyl sites for hydroxylation is 1. The van der Waals surface area contributed by atoms with Gasteiger partial charge in [-0.25, -0.2) is 4.79 Å². The first-order chi connectivity index (χ1) is 40.3. The van der Waals surface area contributed by atoms with Gasteiger partial charge in [0.25, 0.3) is 0 Å². The van der Waals surface area contributed by atoms with Gasteiger partial charge in [-0.15, -0.1) is 0 Å². The molecule has 0 saturated carbocycles. The molecule has 3 aliphatic heterocycles. The van der Waals surface area contributed by atoms with Crippen molar-refractivity contribution < 1.29 is 43.0 Å². The van der Waals surface area contributed by atoms with Crippen LogP contribution in [0.5, 0.6) is 5.75 Å². The molecule has 9 rings (SSSR count). The Bertz CT molecular complexity index is 3200. The highest BCUT2D eigenvalue weighted by Crippen LogP contribution is 2.30. The molecule has 6 amide bonds. The summed E-state index contributed by atoms with van der Waals surface area (Å²) in [5.41, 5.74) is 9.90. The van der Waals surface area contributed by atoms with E-state index in [-0.39, 0.29) is 70.7 Å². The number of nitrogens with one attached hydrogen (secondary N) is 7. The van der Waals surface area contributed by atoms with Crippen molar-refractivity contribution in [3.63, 3.8) is 0 Å². The first-order valence-corrected chi connectivity index (χ1v) is 29.1. The van der Waals surface area contributed by atoms with Crippen LogP contribution >= 0.6 is 23.2 Å². The van der Waals surface area contributed by atoms with Gasteiger partial charge in [0.15, 0.2) is 5.78 Å². The van der Waals surface area contributed by atoms with Crippen molar-refractivity contribution in [1.29, 1.82) is 0 Å². The van der Waals surface area contributed by atoms with Crippen LogP contribution in [0.1, 0.15) is 66.3 Å². The zero-order valence-electron chi connectivity index (χ0n) is 46.0. The minimum absolute atomic E-state index is 0.0419. The van der Waals surface area contributed by atoms with Crippen LogP contribution in [-0.2, 0) is 65.8 Å². The van der Waals surface area contributed by atoms with Gasteiger partial charge in [0, 0.05) is 96.2 Å². The summed E-state index contributed by atoms with van der Waals surface area (Å²) in [5.74, 6) is -4.19. The minimum Gasteiger partial charge on any atom is -0.489 e. The average molecular weight is 1170 g/mol. The van der Waals surface area contributed by atoms with E-state index in [1.165, 1.54) is 4.90 Å². The number of Topliss-reactive ketones (excluding diaryl/α,β-unsaturated/α-hetero) is 1. The van der Waals surface area contributed by atoms with Gasteiger partial charge in [0.05, 0.1) is 12.6 Å². The zero-order chi connectivity index (χ0) is 58.2. The molecule has 6 aromatic rings.